The van der Waals surface area contributed by atoms with Crippen molar-refractivity contribution < 1.29 is 0 Å². The van der Waals surface area contributed by atoms with Gasteiger partial charge in [-0.2, -0.15) is 0 Å². The highest BCUT2D eigenvalue weighted by atomic mass is 14.9. The van der Waals surface area contributed by atoms with E-state index in [1.807, 2.05) is 18.6 Å². The van der Waals surface area contributed by atoms with E-state index in [4.69, 9.17) is 0 Å². The second-order valence-corrected chi connectivity index (χ2v) is 11.4. The molecule has 0 unspecified atom stereocenters. The predicted octanol–water partition coefficient (Wildman–Crippen LogP) is 8.13. The van der Waals surface area contributed by atoms with E-state index in [1.54, 1.807) is 12.7 Å². The van der Waals surface area contributed by atoms with E-state index in [1.165, 1.54) is 50.1 Å². The molecular formula is C39H26N4. The summed E-state index contributed by atoms with van der Waals surface area (Å²) in [5, 5.41) is 3.26. The molecule has 9 rings (SSSR count). The summed E-state index contributed by atoms with van der Waals surface area (Å²) in [6.07, 6.45) is 9.02. The first-order valence-electron chi connectivity index (χ1n) is 14.6. The first kappa shape index (κ1) is 24.0. The molecule has 0 atom stereocenters. The van der Waals surface area contributed by atoms with Gasteiger partial charge in [-0.15, -0.1) is 0 Å². The molecule has 1 aliphatic heterocycles. The maximum absolute atomic E-state index is 4.38. The summed E-state index contributed by atoms with van der Waals surface area (Å²) in [5.41, 5.74) is 17.0. The number of hydrogen-bond donors (Lipinski definition) is 1. The molecule has 2 heterocycles. The van der Waals surface area contributed by atoms with Crippen molar-refractivity contribution in [2.45, 2.75) is 5.41 Å². The van der Waals surface area contributed by atoms with Gasteiger partial charge in [0.25, 0.3) is 0 Å². The van der Waals surface area contributed by atoms with Gasteiger partial charge in [-0.25, -0.2) is 15.0 Å². The minimum atomic E-state index is -0.368. The predicted molar refractivity (Wildman–Crippen MR) is 174 cm³/mol. The second kappa shape index (κ2) is 9.20. The van der Waals surface area contributed by atoms with E-state index in [0.29, 0.717) is 0 Å². The molecular weight excluding hydrogens is 524 g/mol. The Bertz CT molecular complexity index is 2080. The molecule has 0 fully saturated rings. The lowest BCUT2D eigenvalue weighted by molar-refractivity contribution is 0.794. The minimum absolute atomic E-state index is 0.368. The van der Waals surface area contributed by atoms with Crippen molar-refractivity contribution in [3.63, 3.8) is 0 Å². The van der Waals surface area contributed by atoms with Crippen molar-refractivity contribution in [2.24, 2.45) is 4.99 Å². The molecule has 4 heteroatoms. The molecule has 5 aromatic carbocycles. The monoisotopic (exact) mass is 550 g/mol. The van der Waals surface area contributed by atoms with Crippen LogP contribution in [0.25, 0.3) is 50.1 Å². The zero-order chi connectivity index (χ0) is 28.4. The molecule has 2 aliphatic carbocycles. The fourth-order valence-electron chi connectivity index (χ4n) is 7.43. The molecule has 0 bridgehead atoms. The summed E-state index contributed by atoms with van der Waals surface area (Å²) in [5.74, 6) is 0. The normalized spacial score (nSPS) is 14.8. The second-order valence-electron chi connectivity index (χ2n) is 11.4. The Balaban J connectivity index is 1.31. The van der Waals surface area contributed by atoms with Crippen molar-refractivity contribution in [1.82, 2.24) is 15.3 Å². The summed E-state index contributed by atoms with van der Waals surface area (Å²) in [4.78, 5) is 13.0. The molecule has 1 aromatic heterocycles. The number of rotatable bonds is 3. The van der Waals surface area contributed by atoms with Crippen LogP contribution in [0.4, 0.5) is 0 Å². The van der Waals surface area contributed by atoms with Crippen LogP contribution in [0.1, 0.15) is 27.8 Å². The SMILES string of the molecule is C1=NC=C(c2cc(-c3cncnc3)cc(-c3ccc4c(c3)C3(c5ccccc5-c5ccccc53)c3ccccc3-4)c2)CN1. The van der Waals surface area contributed by atoms with E-state index in [9.17, 15) is 0 Å². The number of aliphatic imine (C=N–C) groups is 1. The Morgan fingerprint density at radius 1 is 0.512 bits per heavy atom. The zero-order valence-electron chi connectivity index (χ0n) is 23.3. The lowest BCUT2D eigenvalue weighted by Crippen LogP contribution is -2.25. The molecule has 1 N–H and O–H groups in total. The first-order valence-corrected chi connectivity index (χ1v) is 14.6. The third kappa shape index (κ3) is 3.41. The third-order valence-corrected chi connectivity index (χ3v) is 9.22. The maximum atomic E-state index is 4.38. The van der Waals surface area contributed by atoms with Gasteiger partial charge in [0, 0.05) is 30.7 Å². The highest BCUT2D eigenvalue weighted by molar-refractivity contribution is 5.96. The lowest BCUT2D eigenvalue weighted by Gasteiger charge is -2.30. The summed E-state index contributed by atoms with van der Waals surface area (Å²) < 4.78 is 0. The van der Waals surface area contributed by atoms with Gasteiger partial charge in [-0.1, -0.05) is 84.9 Å². The Morgan fingerprint density at radius 2 is 1.07 bits per heavy atom. The molecule has 43 heavy (non-hydrogen) atoms. The number of hydrogen-bond acceptors (Lipinski definition) is 4. The van der Waals surface area contributed by atoms with Crippen molar-refractivity contribution in [2.75, 3.05) is 6.54 Å². The molecule has 3 aliphatic rings. The summed E-state index contributed by atoms with van der Waals surface area (Å²) >= 11 is 0. The van der Waals surface area contributed by atoms with E-state index in [0.717, 1.165) is 34.4 Å². The van der Waals surface area contributed by atoms with Crippen LogP contribution in [0, 0.1) is 0 Å². The molecule has 202 valence electrons. The van der Waals surface area contributed by atoms with Gasteiger partial charge in [0.05, 0.1) is 11.8 Å². The van der Waals surface area contributed by atoms with Crippen LogP contribution in [0.2, 0.25) is 0 Å². The Morgan fingerprint density at radius 3 is 1.67 bits per heavy atom. The minimum Gasteiger partial charge on any atom is -0.372 e. The molecule has 0 saturated heterocycles. The zero-order valence-corrected chi connectivity index (χ0v) is 23.3. The van der Waals surface area contributed by atoms with Gasteiger partial charge >= 0.3 is 0 Å². The fourth-order valence-corrected chi connectivity index (χ4v) is 7.43. The summed E-state index contributed by atoms with van der Waals surface area (Å²) in [6, 6.07) is 40.6. The van der Waals surface area contributed by atoms with E-state index >= 15 is 0 Å². The Kier molecular flexibility index (Phi) is 5.14. The molecule has 6 aromatic rings. The Hall–Kier alpha value is -5.61. The van der Waals surface area contributed by atoms with Crippen LogP contribution in [-0.2, 0) is 5.41 Å². The van der Waals surface area contributed by atoms with Crippen LogP contribution < -0.4 is 5.32 Å². The fraction of sp³-hybridized carbons (Fsp3) is 0.0513. The van der Waals surface area contributed by atoms with Gasteiger partial charge in [0.15, 0.2) is 0 Å². The average Bonchev–Trinajstić information content (AvgIpc) is 3.56. The maximum Gasteiger partial charge on any atom is 0.115 e. The Labute approximate surface area is 250 Å². The van der Waals surface area contributed by atoms with Crippen LogP contribution in [0.3, 0.4) is 0 Å². The number of fused-ring (bicyclic) bond motifs is 10. The molecule has 1 spiro atoms. The van der Waals surface area contributed by atoms with Gasteiger partial charge in [-0.05, 0) is 96.6 Å². The van der Waals surface area contributed by atoms with E-state index < -0.39 is 0 Å². The third-order valence-electron chi connectivity index (χ3n) is 9.22. The van der Waals surface area contributed by atoms with Crippen molar-refractivity contribution >= 4 is 11.9 Å². The first-order chi connectivity index (χ1) is 21.3. The van der Waals surface area contributed by atoms with E-state index in [-0.39, 0.29) is 5.41 Å². The number of aromatic nitrogens is 2. The van der Waals surface area contributed by atoms with Crippen molar-refractivity contribution in [3.05, 3.63) is 162 Å². The number of nitrogens with zero attached hydrogens (tertiary/aromatic N) is 3. The van der Waals surface area contributed by atoms with Crippen LogP contribution >= 0.6 is 0 Å². The quantitative estimate of drug-likeness (QED) is 0.242. The van der Waals surface area contributed by atoms with Gasteiger partial charge in [-0.3, -0.25) is 0 Å². The number of nitrogens with one attached hydrogen (secondary N) is 1. The molecule has 0 saturated carbocycles. The molecule has 0 amide bonds. The number of benzene rings is 5. The van der Waals surface area contributed by atoms with Crippen LogP contribution in [0.5, 0.6) is 0 Å². The summed E-state index contributed by atoms with van der Waals surface area (Å²) in [7, 11) is 0. The molecule has 0 radical (unpaired) electrons. The van der Waals surface area contributed by atoms with Gasteiger partial charge in [0.2, 0.25) is 0 Å². The highest BCUT2D eigenvalue weighted by Gasteiger charge is 2.51. The standard InChI is InChI=1S/C39H26N4/c1-4-10-35-31(7-1)32-8-2-5-11-36(32)39(35)37-12-6-3-9-33(37)34-14-13-25(18-38(34)39)26-15-27(29-19-40-23-41-20-29)17-28(16-26)30-21-42-24-43-22-30/h1-21,23-24H,22H2,(H,42,43). The highest BCUT2D eigenvalue weighted by Crippen LogP contribution is 2.63. The van der Waals surface area contributed by atoms with Crippen LogP contribution in [0.15, 0.2) is 139 Å². The lowest BCUT2D eigenvalue weighted by atomic mass is 9.70. The molecule has 4 nitrogen and oxygen atoms in total. The van der Waals surface area contributed by atoms with E-state index in [2.05, 4.69) is 129 Å². The van der Waals surface area contributed by atoms with Gasteiger partial charge in [0.1, 0.15) is 6.33 Å². The summed E-state index contributed by atoms with van der Waals surface area (Å²) in [6.45, 7) is 0.730. The topological polar surface area (TPSA) is 50.2 Å². The van der Waals surface area contributed by atoms with Crippen molar-refractivity contribution in [3.8, 4) is 44.5 Å². The van der Waals surface area contributed by atoms with Crippen molar-refractivity contribution in [1.29, 1.82) is 0 Å². The average molecular weight is 551 g/mol. The van der Waals surface area contributed by atoms with Gasteiger partial charge < -0.3 is 5.32 Å². The largest absolute Gasteiger partial charge is 0.372 e. The van der Waals surface area contributed by atoms with Crippen LogP contribution in [-0.4, -0.2) is 22.9 Å². The smallest absolute Gasteiger partial charge is 0.115 e.